The van der Waals surface area contributed by atoms with E-state index in [9.17, 15) is 4.79 Å². The van der Waals surface area contributed by atoms with E-state index in [0.29, 0.717) is 19.1 Å². The molecule has 1 aromatic carbocycles. The molecular formula is C20H26N2O2. The zero-order chi connectivity index (χ0) is 16.9. The Morgan fingerprint density at radius 3 is 2.29 bits per heavy atom. The van der Waals surface area contributed by atoms with Gasteiger partial charge in [-0.25, -0.2) is 0 Å². The number of rotatable bonds is 5. The zero-order valence-corrected chi connectivity index (χ0v) is 14.6. The predicted octanol–water partition coefficient (Wildman–Crippen LogP) is 3.74. The highest BCUT2D eigenvalue weighted by Gasteiger charge is 2.24. The van der Waals surface area contributed by atoms with Gasteiger partial charge in [-0.2, -0.15) is 0 Å². The summed E-state index contributed by atoms with van der Waals surface area (Å²) in [4.78, 5) is 14.3. The molecule has 1 aromatic heterocycles. The van der Waals surface area contributed by atoms with E-state index in [4.69, 9.17) is 4.74 Å². The van der Waals surface area contributed by atoms with E-state index < -0.39 is 0 Å². The van der Waals surface area contributed by atoms with E-state index in [1.54, 1.807) is 0 Å². The molecular weight excluding hydrogens is 300 g/mol. The quantitative estimate of drug-likeness (QED) is 0.839. The van der Waals surface area contributed by atoms with Gasteiger partial charge in [0.1, 0.15) is 5.75 Å². The number of para-hydroxylation sites is 1. The summed E-state index contributed by atoms with van der Waals surface area (Å²) >= 11 is 0. The molecule has 1 saturated heterocycles. The summed E-state index contributed by atoms with van der Waals surface area (Å²) in [6.07, 6.45) is 2.50. The van der Waals surface area contributed by atoms with Crippen LogP contribution in [0.5, 0.6) is 5.75 Å². The molecule has 0 radical (unpaired) electrons. The van der Waals surface area contributed by atoms with Crippen LogP contribution in [0.15, 0.2) is 42.5 Å². The third-order valence-electron chi connectivity index (χ3n) is 4.84. The third kappa shape index (κ3) is 3.81. The highest BCUT2D eigenvalue weighted by atomic mass is 16.5. The summed E-state index contributed by atoms with van der Waals surface area (Å²) in [7, 11) is 0. The molecule has 1 fully saturated rings. The maximum atomic E-state index is 12.4. The molecule has 2 heterocycles. The Hall–Kier alpha value is -2.23. The number of benzene rings is 1. The molecule has 1 aliphatic rings. The van der Waals surface area contributed by atoms with E-state index in [0.717, 1.165) is 31.7 Å². The van der Waals surface area contributed by atoms with Crippen LogP contribution < -0.4 is 4.74 Å². The fourth-order valence-corrected chi connectivity index (χ4v) is 3.56. The monoisotopic (exact) mass is 326 g/mol. The van der Waals surface area contributed by atoms with Crippen molar-refractivity contribution in [2.24, 2.45) is 0 Å². The minimum Gasteiger partial charge on any atom is -0.493 e. The normalized spacial score (nSPS) is 15.5. The summed E-state index contributed by atoms with van der Waals surface area (Å²) in [5, 5.41) is 0. The van der Waals surface area contributed by atoms with Crippen LogP contribution >= 0.6 is 0 Å². The number of amides is 1. The second-order valence-electron chi connectivity index (χ2n) is 6.51. The van der Waals surface area contributed by atoms with Gasteiger partial charge in [0.25, 0.3) is 0 Å². The van der Waals surface area contributed by atoms with E-state index >= 15 is 0 Å². The molecule has 128 valence electrons. The average Bonchev–Trinajstić information content (AvgIpc) is 2.94. The van der Waals surface area contributed by atoms with Crippen LogP contribution in [-0.2, 0) is 4.79 Å². The summed E-state index contributed by atoms with van der Waals surface area (Å²) in [5.74, 6) is 1.02. The van der Waals surface area contributed by atoms with E-state index in [-0.39, 0.29) is 5.91 Å². The predicted molar refractivity (Wildman–Crippen MR) is 95.3 cm³/mol. The number of carbonyl (C=O) groups is 1. The van der Waals surface area contributed by atoms with E-state index in [1.807, 2.05) is 35.2 Å². The average molecular weight is 326 g/mol. The molecule has 0 unspecified atom stereocenters. The summed E-state index contributed by atoms with van der Waals surface area (Å²) < 4.78 is 8.04. The molecule has 0 atom stereocenters. The number of ether oxygens (including phenoxy) is 1. The smallest absolute Gasteiger partial charge is 0.225 e. The van der Waals surface area contributed by atoms with Crippen molar-refractivity contribution < 1.29 is 9.53 Å². The molecule has 0 bridgehead atoms. The van der Waals surface area contributed by atoms with Gasteiger partial charge >= 0.3 is 0 Å². The number of aryl methyl sites for hydroxylation is 2. The molecule has 0 saturated carbocycles. The number of hydrogen-bond donors (Lipinski definition) is 0. The van der Waals surface area contributed by atoms with Crippen LogP contribution in [0.1, 0.15) is 36.7 Å². The second kappa shape index (κ2) is 7.56. The Bertz CT molecular complexity index is 651. The minimum atomic E-state index is 0.199. The van der Waals surface area contributed by atoms with Gasteiger partial charge in [0.15, 0.2) is 0 Å². The van der Waals surface area contributed by atoms with Crippen molar-refractivity contribution in [1.82, 2.24) is 9.47 Å². The number of nitrogens with zero attached hydrogens (tertiary/aromatic N) is 2. The number of aromatic nitrogens is 1. The first-order chi connectivity index (χ1) is 11.6. The van der Waals surface area contributed by atoms with Gasteiger partial charge in [-0.3, -0.25) is 4.79 Å². The number of hydrogen-bond acceptors (Lipinski definition) is 2. The van der Waals surface area contributed by atoms with Crippen molar-refractivity contribution in [3.63, 3.8) is 0 Å². The standard InChI is InChI=1S/C20H26N2O2/c1-16-8-9-17(2)22(16)18-10-13-21(14-11-18)20(23)12-15-24-19-6-4-3-5-7-19/h3-9,18H,10-15H2,1-2H3. The molecule has 0 spiro atoms. The fourth-order valence-electron chi connectivity index (χ4n) is 3.56. The maximum Gasteiger partial charge on any atom is 0.225 e. The van der Waals surface area contributed by atoms with Crippen molar-refractivity contribution in [2.75, 3.05) is 19.7 Å². The van der Waals surface area contributed by atoms with Crippen LogP contribution in [0.25, 0.3) is 0 Å². The van der Waals surface area contributed by atoms with Crippen LogP contribution in [0, 0.1) is 13.8 Å². The van der Waals surface area contributed by atoms with Crippen molar-refractivity contribution in [3.8, 4) is 5.75 Å². The molecule has 3 rings (SSSR count). The molecule has 2 aromatic rings. The Morgan fingerprint density at radius 2 is 1.67 bits per heavy atom. The lowest BCUT2D eigenvalue weighted by atomic mass is 10.0. The Balaban J connectivity index is 1.45. The number of carbonyl (C=O) groups excluding carboxylic acids is 1. The first kappa shape index (κ1) is 16.6. The molecule has 0 aliphatic carbocycles. The Labute approximate surface area is 144 Å². The summed E-state index contributed by atoms with van der Waals surface area (Å²) in [6, 6.07) is 14.5. The van der Waals surface area contributed by atoms with Crippen molar-refractivity contribution in [2.45, 2.75) is 39.2 Å². The molecule has 24 heavy (non-hydrogen) atoms. The zero-order valence-electron chi connectivity index (χ0n) is 14.6. The van der Waals surface area contributed by atoms with Gasteiger partial charge in [0.05, 0.1) is 13.0 Å². The first-order valence-corrected chi connectivity index (χ1v) is 8.75. The lowest BCUT2D eigenvalue weighted by Gasteiger charge is -2.34. The molecule has 0 N–H and O–H groups in total. The highest BCUT2D eigenvalue weighted by molar-refractivity contribution is 5.76. The maximum absolute atomic E-state index is 12.4. The van der Waals surface area contributed by atoms with Gasteiger partial charge in [-0.15, -0.1) is 0 Å². The molecule has 1 amide bonds. The van der Waals surface area contributed by atoms with Gasteiger partial charge < -0.3 is 14.2 Å². The third-order valence-corrected chi connectivity index (χ3v) is 4.84. The number of piperidine rings is 1. The Morgan fingerprint density at radius 1 is 1.04 bits per heavy atom. The van der Waals surface area contributed by atoms with Crippen LogP contribution in [0.3, 0.4) is 0 Å². The van der Waals surface area contributed by atoms with E-state index in [2.05, 4.69) is 30.5 Å². The van der Waals surface area contributed by atoms with Gasteiger partial charge in [0, 0.05) is 30.5 Å². The van der Waals surface area contributed by atoms with Crippen molar-refractivity contribution in [1.29, 1.82) is 0 Å². The van der Waals surface area contributed by atoms with Gasteiger partial charge in [0.2, 0.25) is 5.91 Å². The second-order valence-corrected chi connectivity index (χ2v) is 6.51. The molecule has 4 heteroatoms. The topological polar surface area (TPSA) is 34.5 Å². The van der Waals surface area contributed by atoms with Crippen molar-refractivity contribution in [3.05, 3.63) is 53.9 Å². The number of likely N-dealkylation sites (tertiary alicyclic amines) is 1. The van der Waals surface area contributed by atoms with Gasteiger partial charge in [-0.05, 0) is 51.0 Å². The molecule has 1 aliphatic heterocycles. The summed E-state index contributed by atoms with van der Waals surface area (Å²) in [6.45, 7) is 6.44. The minimum absolute atomic E-state index is 0.199. The van der Waals surface area contributed by atoms with Gasteiger partial charge in [-0.1, -0.05) is 18.2 Å². The van der Waals surface area contributed by atoms with Crippen LogP contribution in [-0.4, -0.2) is 35.1 Å². The largest absolute Gasteiger partial charge is 0.493 e. The van der Waals surface area contributed by atoms with E-state index in [1.165, 1.54) is 11.4 Å². The van der Waals surface area contributed by atoms with Crippen LogP contribution in [0.4, 0.5) is 0 Å². The van der Waals surface area contributed by atoms with Crippen LogP contribution in [0.2, 0.25) is 0 Å². The van der Waals surface area contributed by atoms with Crippen molar-refractivity contribution >= 4 is 5.91 Å². The SMILES string of the molecule is Cc1ccc(C)n1C1CCN(C(=O)CCOc2ccccc2)CC1. The highest BCUT2D eigenvalue weighted by Crippen LogP contribution is 2.26. The molecule has 4 nitrogen and oxygen atoms in total. The lowest BCUT2D eigenvalue weighted by molar-refractivity contribution is -0.133. The first-order valence-electron chi connectivity index (χ1n) is 8.75. The summed E-state index contributed by atoms with van der Waals surface area (Å²) in [5.41, 5.74) is 2.63. The Kier molecular flexibility index (Phi) is 5.24. The fraction of sp³-hybridized carbons (Fsp3) is 0.450. The lowest BCUT2D eigenvalue weighted by Crippen LogP contribution is -2.39.